The zero-order valence-corrected chi connectivity index (χ0v) is 11.0. The summed E-state index contributed by atoms with van der Waals surface area (Å²) in [5.41, 5.74) is 0. The molecular formula is C14H19N3O2. The quantitative estimate of drug-likeness (QED) is 0.737. The van der Waals surface area contributed by atoms with Gasteiger partial charge in [-0.1, -0.05) is 0 Å². The molecule has 1 aliphatic rings. The van der Waals surface area contributed by atoms with Gasteiger partial charge in [0.25, 0.3) is 0 Å². The van der Waals surface area contributed by atoms with E-state index in [1.54, 1.807) is 6.26 Å². The molecule has 1 saturated carbocycles. The predicted molar refractivity (Wildman–Crippen MR) is 69.8 cm³/mol. The van der Waals surface area contributed by atoms with Crippen molar-refractivity contribution in [2.24, 2.45) is 0 Å². The van der Waals surface area contributed by atoms with Crippen LogP contribution in [-0.4, -0.2) is 22.8 Å². The molecule has 2 aromatic heterocycles. The summed E-state index contributed by atoms with van der Waals surface area (Å²) in [4.78, 5) is 0. The number of nitrogens with one attached hydrogen (secondary N) is 1. The highest BCUT2D eigenvalue weighted by atomic mass is 16.4. The van der Waals surface area contributed by atoms with Crippen LogP contribution in [0.15, 0.2) is 27.2 Å². The van der Waals surface area contributed by atoms with Gasteiger partial charge in [0.1, 0.15) is 5.76 Å². The van der Waals surface area contributed by atoms with Crippen LogP contribution in [0.4, 0.5) is 0 Å². The van der Waals surface area contributed by atoms with E-state index in [0.717, 1.165) is 49.9 Å². The summed E-state index contributed by atoms with van der Waals surface area (Å²) in [5.74, 6) is 2.39. The summed E-state index contributed by atoms with van der Waals surface area (Å²) < 4.78 is 10.9. The Hall–Kier alpha value is -1.62. The average Bonchev–Trinajstić information content (AvgIpc) is 2.92. The largest absolute Gasteiger partial charge is 0.469 e. The Bertz CT molecular complexity index is 489. The van der Waals surface area contributed by atoms with Crippen LogP contribution in [0.25, 0.3) is 0 Å². The summed E-state index contributed by atoms with van der Waals surface area (Å²) in [6, 6.07) is 4.62. The molecule has 0 spiro atoms. The maximum absolute atomic E-state index is 5.61. The van der Waals surface area contributed by atoms with Gasteiger partial charge in [0.2, 0.25) is 11.8 Å². The zero-order chi connectivity index (χ0) is 12.9. The Kier molecular flexibility index (Phi) is 3.93. The number of furan rings is 1. The van der Waals surface area contributed by atoms with E-state index < -0.39 is 0 Å². The molecule has 0 atom stereocenters. The number of aryl methyl sites for hydroxylation is 3. The summed E-state index contributed by atoms with van der Waals surface area (Å²) in [7, 11) is 0. The molecule has 3 rings (SSSR count). The van der Waals surface area contributed by atoms with E-state index in [1.165, 1.54) is 12.8 Å². The minimum absolute atomic E-state index is 0.696. The van der Waals surface area contributed by atoms with Crippen LogP contribution in [0.1, 0.15) is 36.8 Å². The summed E-state index contributed by atoms with van der Waals surface area (Å²) in [6.45, 7) is 1.04. The van der Waals surface area contributed by atoms with E-state index in [2.05, 4.69) is 15.5 Å². The molecule has 2 aromatic rings. The van der Waals surface area contributed by atoms with E-state index in [0.29, 0.717) is 5.89 Å². The lowest BCUT2D eigenvalue weighted by Gasteiger charge is -1.99. The second-order valence-corrected chi connectivity index (χ2v) is 5.00. The molecule has 0 unspecified atom stereocenters. The number of nitrogens with zero attached hydrogens (tertiary/aromatic N) is 2. The van der Waals surface area contributed by atoms with Crippen molar-refractivity contribution < 1.29 is 8.83 Å². The summed E-state index contributed by atoms with van der Waals surface area (Å²) in [5, 5.41) is 11.6. The van der Waals surface area contributed by atoms with Gasteiger partial charge in [-0.15, -0.1) is 10.2 Å². The highest BCUT2D eigenvalue weighted by Gasteiger charge is 2.19. The summed E-state index contributed by atoms with van der Waals surface area (Å²) >= 11 is 0. The van der Waals surface area contributed by atoms with Gasteiger partial charge in [0.15, 0.2) is 0 Å². The lowest BCUT2D eigenvalue weighted by atomic mass is 10.2. The van der Waals surface area contributed by atoms with Gasteiger partial charge in [0, 0.05) is 25.3 Å². The molecule has 102 valence electrons. The minimum atomic E-state index is 0.696. The third-order valence-corrected chi connectivity index (χ3v) is 3.25. The molecular weight excluding hydrogens is 242 g/mol. The Labute approximate surface area is 112 Å². The Morgan fingerprint density at radius 2 is 2.00 bits per heavy atom. The van der Waals surface area contributed by atoms with Crippen LogP contribution in [0, 0.1) is 0 Å². The van der Waals surface area contributed by atoms with Crippen molar-refractivity contribution in [1.29, 1.82) is 0 Å². The van der Waals surface area contributed by atoms with Gasteiger partial charge in [-0.05, 0) is 37.9 Å². The van der Waals surface area contributed by atoms with Crippen LogP contribution in [0.5, 0.6) is 0 Å². The molecule has 1 aliphatic carbocycles. The van der Waals surface area contributed by atoms with Crippen molar-refractivity contribution in [2.45, 2.75) is 44.6 Å². The standard InChI is InChI=1S/C14H19N3O2/c1(9-15-11-5-6-11)4-13-16-17-14(19-13)8-7-12-3-2-10-18-12/h2-3,10-11,15H,1,4-9H2. The molecule has 1 N–H and O–H groups in total. The second-order valence-electron chi connectivity index (χ2n) is 5.00. The maximum atomic E-state index is 5.61. The molecule has 0 aromatic carbocycles. The highest BCUT2D eigenvalue weighted by Crippen LogP contribution is 2.18. The van der Waals surface area contributed by atoms with Crippen molar-refractivity contribution in [3.63, 3.8) is 0 Å². The van der Waals surface area contributed by atoms with Gasteiger partial charge in [-0.2, -0.15) is 0 Å². The normalized spacial score (nSPS) is 14.9. The topological polar surface area (TPSA) is 64.1 Å². The number of aromatic nitrogens is 2. The number of hydrogen-bond donors (Lipinski definition) is 1. The lowest BCUT2D eigenvalue weighted by Crippen LogP contribution is -2.17. The van der Waals surface area contributed by atoms with E-state index >= 15 is 0 Å². The molecule has 19 heavy (non-hydrogen) atoms. The van der Waals surface area contributed by atoms with E-state index in [-0.39, 0.29) is 0 Å². The van der Waals surface area contributed by atoms with Crippen LogP contribution >= 0.6 is 0 Å². The van der Waals surface area contributed by atoms with Gasteiger partial charge in [-0.3, -0.25) is 0 Å². The fourth-order valence-electron chi connectivity index (χ4n) is 2.01. The molecule has 0 aliphatic heterocycles. The first kappa shape index (κ1) is 12.4. The van der Waals surface area contributed by atoms with Gasteiger partial charge in [0.05, 0.1) is 6.26 Å². The molecule has 0 amide bonds. The number of rotatable bonds is 8. The maximum Gasteiger partial charge on any atom is 0.217 e. The SMILES string of the molecule is c1coc(CCc2nnc(CCCNC3CC3)o2)c1. The molecule has 2 heterocycles. The van der Waals surface area contributed by atoms with Crippen molar-refractivity contribution in [1.82, 2.24) is 15.5 Å². The first-order valence-corrected chi connectivity index (χ1v) is 6.97. The monoisotopic (exact) mass is 261 g/mol. The van der Waals surface area contributed by atoms with Gasteiger partial charge < -0.3 is 14.2 Å². The fraction of sp³-hybridized carbons (Fsp3) is 0.571. The Morgan fingerprint density at radius 1 is 1.16 bits per heavy atom. The molecule has 1 fully saturated rings. The number of hydrogen-bond acceptors (Lipinski definition) is 5. The van der Waals surface area contributed by atoms with Crippen LogP contribution in [0.3, 0.4) is 0 Å². The van der Waals surface area contributed by atoms with Crippen molar-refractivity contribution in [3.8, 4) is 0 Å². The Morgan fingerprint density at radius 3 is 2.74 bits per heavy atom. The van der Waals surface area contributed by atoms with E-state index in [4.69, 9.17) is 8.83 Å². The molecule has 0 saturated heterocycles. The zero-order valence-electron chi connectivity index (χ0n) is 11.0. The minimum Gasteiger partial charge on any atom is -0.469 e. The van der Waals surface area contributed by atoms with Crippen LogP contribution in [-0.2, 0) is 19.3 Å². The molecule has 5 nitrogen and oxygen atoms in total. The Balaban J connectivity index is 1.38. The average molecular weight is 261 g/mol. The first-order chi connectivity index (χ1) is 9.40. The molecule has 0 bridgehead atoms. The molecule has 5 heteroatoms. The van der Waals surface area contributed by atoms with E-state index in [1.807, 2.05) is 12.1 Å². The van der Waals surface area contributed by atoms with Crippen LogP contribution < -0.4 is 5.32 Å². The smallest absolute Gasteiger partial charge is 0.217 e. The van der Waals surface area contributed by atoms with Crippen LogP contribution in [0.2, 0.25) is 0 Å². The fourth-order valence-corrected chi connectivity index (χ4v) is 2.01. The van der Waals surface area contributed by atoms with Gasteiger partial charge >= 0.3 is 0 Å². The third-order valence-electron chi connectivity index (χ3n) is 3.25. The van der Waals surface area contributed by atoms with Gasteiger partial charge in [-0.25, -0.2) is 0 Å². The highest BCUT2D eigenvalue weighted by molar-refractivity contribution is 4.99. The van der Waals surface area contributed by atoms with Crippen molar-refractivity contribution in [2.75, 3.05) is 6.54 Å². The summed E-state index contributed by atoms with van der Waals surface area (Å²) in [6.07, 6.45) is 7.79. The first-order valence-electron chi connectivity index (χ1n) is 6.97. The van der Waals surface area contributed by atoms with Crippen molar-refractivity contribution >= 4 is 0 Å². The van der Waals surface area contributed by atoms with Crippen molar-refractivity contribution in [3.05, 3.63) is 35.9 Å². The second kappa shape index (κ2) is 6.02. The predicted octanol–water partition coefficient (Wildman–Crippen LogP) is 2.13. The molecule has 0 radical (unpaired) electrons. The van der Waals surface area contributed by atoms with E-state index in [9.17, 15) is 0 Å². The lowest BCUT2D eigenvalue weighted by molar-refractivity contribution is 0.431. The third kappa shape index (κ3) is 3.92.